The molecule has 152 valence electrons. The number of hydrogen-bond acceptors (Lipinski definition) is 7. The molecule has 0 unspecified atom stereocenters. The van der Waals surface area contributed by atoms with Gasteiger partial charge in [-0.2, -0.15) is 17.7 Å². The Morgan fingerprint density at radius 2 is 1.72 bits per heavy atom. The van der Waals surface area contributed by atoms with Crippen molar-refractivity contribution in [2.75, 3.05) is 36.0 Å². The Morgan fingerprint density at radius 3 is 2.38 bits per heavy atom. The Kier molecular flexibility index (Phi) is 4.47. The third kappa shape index (κ3) is 3.52. The molecule has 3 heterocycles. The van der Waals surface area contributed by atoms with Crippen LogP contribution in [-0.2, 0) is 6.18 Å². The highest BCUT2D eigenvalue weighted by Crippen LogP contribution is 2.39. The van der Waals surface area contributed by atoms with Crippen molar-refractivity contribution in [1.29, 1.82) is 0 Å². The number of benzene rings is 1. The van der Waals surface area contributed by atoms with Gasteiger partial charge >= 0.3 is 6.18 Å². The van der Waals surface area contributed by atoms with Crippen LogP contribution in [0.4, 0.5) is 30.4 Å². The topological polar surface area (TPSA) is 92.7 Å². The van der Waals surface area contributed by atoms with E-state index in [1.54, 1.807) is 28.5 Å². The fourth-order valence-electron chi connectivity index (χ4n) is 3.37. The van der Waals surface area contributed by atoms with Crippen molar-refractivity contribution in [3.8, 4) is 0 Å². The number of fused-ring (bicyclic) bond motifs is 1. The van der Waals surface area contributed by atoms with E-state index in [1.807, 2.05) is 4.90 Å². The van der Waals surface area contributed by atoms with Crippen molar-refractivity contribution in [2.24, 2.45) is 0 Å². The molecular weight excluding hydrogens is 391 g/mol. The number of aryl methyl sites for hydroxylation is 1. The lowest BCUT2D eigenvalue weighted by atomic mass is 10.1. The zero-order chi connectivity index (χ0) is 20.8. The van der Waals surface area contributed by atoms with Gasteiger partial charge in [0.2, 0.25) is 0 Å². The average molecular weight is 407 g/mol. The van der Waals surface area contributed by atoms with Gasteiger partial charge < -0.3 is 9.80 Å². The molecule has 2 aromatic heterocycles. The molecule has 0 saturated carbocycles. The fraction of sp³-hybridized carbons (Fsp3) is 0.353. The van der Waals surface area contributed by atoms with Gasteiger partial charge in [-0.15, -0.1) is 15.3 Å². The van der Waals surface area contributed by atoms with Gasteiger partial charge in [-0.1, -0.05) is 0 Å². The third-order valence-electron chi connectivity index (χ3n) is 4.85. The third-order valence-corrected chi connectivity index (χ3v) is 4.85. The first-order valence-electron chi connectivity index (χ1n) is 8.78. The lowest BCUT2D eigenvalue weighted by molar-refractivity contribution is -0.385. The number of hydrogen-bond donors (Lipinski definition) is 0. The highest BCUT2D eigenvalue weighted by molar-refractivity contribution is 5.60. The first-order chi connectivity index (χ1) is 13.7. The zero-order valence-electron chi connectivity index (χ0n) is 15.3. The van der Waals surface area contributed by atoms with E-state index in [0.717, 1.165) is 6.07 Å². The van der Waals surface area contributed by atoms with Crippen LogP contribution in [0.25, 0.3) is 5.65 Å². The fourth-order valence-corrected chi connectivity index (χ4v) is 3.37. The Morgan fingerprint density at radius 1 is 1.03 bits per heavy atom. The molecule has 0 aliphatic carbocycles. The molecule has 1 aromatic carbocycles. The maximum atomic E-state index is 13.5. The second-order valence-corrected chi connectivity index (χ2v) is 6.64. The summed E-state index contributed by atoms with van der Waals surface area (Å²) in [6.45, 7) is 3.33. The van der Waals surface area contributed by atoms with Gasteiger partial charge in [0.1, 0.15) is 5.82 Å². The lowest BCUT2D eigenvalue weighted by Crippen LogP contribution is -2.47. The monoisotopic (exact) mass is 407 g/mol. The Bertz CT molecular complexity index is 1070. The standard InChI is InChI=1S/C17H16F3N7O2/c1-11-21-22-15-4-5-16(23-26(11)15)25-8-6-24(7-9-25)14-3-2-12(27(28)29)10-13(14)17(18,19)20/h2-5,10H,6-9H2,1H3. The van der Waals surface area contributed by atoms with Crippen molar-refractivity contribution >= 4 is 22.8 Å². The van der Waals surface area contributed by atoms with Crippen molar-refractivity contribution in [3.63, 3.8) is 0 Å². The molecule has 9 nitrogen and oxygen atoms in total. The molecule has 29 heavy (non-hydrogen) atoms. The highest BCUT2D eigenvalue weighted by Gasteiger charge is 2.37. The van der Waals surface area contributed by atoms with E-state index < -0.39 is 22.4 Å². The molecule has 1 aliphatic rings. The quantitative estimate of drug-likeness (QED) is 0.487. The van der Waals surface area contributed by atoms with E-state index in [9.17, 15) is 23.3 Å². The number of aromatic nitrogens is 4. The molecule has 4 rings (SSSR count). The molecule has 0 bridgehead atoms. The smallest absolute Gasteiger partial charge is 0.367 e. The van der Waals surface area contributed by atoms with Crippen molar-refractivity contribution < 1.29 is 18.1 Å². The molecule has 3 aromatic rings. The summed E-state index contributed by atoms with van der Waals surface area (Å²) >= 11 is 0. The number of piperazine rings is 1. The van der Waals surface area contributed by atoms with Crippen LogP contribution in [0.2, 0.25) is 0 Å². The second kappa shape index (κ2) is 6.87. The SMILES string of the molecule is Cc1nnc2ccc(N3CCN(c4ccc([N+](=O)[O-])cc4C(F)(F)F)CC3)nn12. The van der Waals surface area contributed by atoms with E-state index in [-0.39, 0.29) is 5.69 Å². The predicted octanol–water partition coefficient (Wildman–Crippen LogP) is 2.69. The number of alkyl halides is 3. The van der Waals surface area contributed by atoms with Crippen LogP contribution in [0.5, 0.6) is 0 Å². The van der Waals surface area contributed by atoms with Crippen LogP contribution in [0.1, 0.15) is 11.4 Å². The number of halogens is 3. The van der Waals surface area contributed by atoms with Crippen LogP contribution < -0.4 is 9.80 Å². The predicted molar refractivity (Wildman–Crippen MR) is 98.0 cm³/mol. The maximum Gasteiger partial charge on any atom is 0.418 e. The molecule has 0 N–H and O–H groups in total. The van der Waals surface area contributed by atoms with Crippen LogP contribution in [0, 0.1) is 17.0 Å². The van der Waals surface area contributed by atoms with E-state index in [4.69, 9.17) is 0 Å². The molecule has 0 amide bonds. The van der Waals surface area contributed by atoms with Gasteiger partial charge in [-0.25, -0.2) is 0 Å². The van der Waals surface area contributed by atoms with Gasteiger partial charge in [-0.05, 0) is 25.1 Å². The van der Waals surface area contributed by atoms with E-state index in [2.05, 4.69) is 15.3 Å². The molecule has 1 saturated heterocycles. The molecule has 1 aliphatic heterocycles. The largest absolute Gasteiger partial charge is 0.418 e. The minimum absolute atomic E-state index is 0.0548. The number of non-ortho nitro benzene ring substituents is 1. The van der Waals surface area contributed by atoms with Crippen molar-refractivity contribution in [1.82, 2.24) is 19.8 Å². The van der Waals surface area contributed by atoms with E-state index >= 15 is 0 Å². The highest BCUT2D eigenvalue weighted by atomic mass is 19.4. The summed E-state index contributed by atoms with van der Waals surface area (Å²) in [6, 6.07) is 6.44. The summed E-state index contributed by atoms with van der Waals surface area (Å²) in [5, 5.41) is 23.3. The van der Waals surface area contributed by atoms with Gasteiger partial charge in [0.05, 0.1) is 10.5 Å². The average Bonchev–Trinajstić information content (AvgIpc) is 3.07. The Hall–Kier alpha value is -3.44. The number of nitro benzene ring substituents is 1. The Labute approximate surface area is 162 Å². The summed E-state index contributed by atoms with van der Waals surface area (Å²) in [5.74, 6) is 1.32. The summed E-state index contributed by atoms with van der Waals surface area (Å²) in [6.07, 6.45) is -4.68. The number of nitro groups is 1. The summed E-state index contributed by atoms with van der Waals surface area (Å²) < 4.78 is 42.0. The van der Waals surface area contributed by atoms with Crippen LogP contribution in [0.15, 0.2) is 30.3 Å². The van der Waals surface area contributed by atoms with E-state index in [0.29, 0.717) is 49.5 Å². The van der Waals surface area contributed by atoms with Crippen LogP contribution in [0.3, 0.4) is 0 Å². The second-order valence-electron chi connectivity index (χ2n) is 6.64. The lowest BCUT2D eigenvalue weighted by Gasteiger charge is -2.37. The summed E-state index contributed by atoms with van der Waals surface area (Å²) in [7, 11) is 0. The van der Waals surface area contributed by atoms with Crippen LogP contribution in [-0.4, -0.2) is 50.9 Å². The normalized spacial score (nSPS) is 15.2. The molecule has 1 fully saturated rings. The molecule has 0 spiro atoms. The minimum Gasteiger partial charge on any atom is -0.367 e. The van der Waals surface area contributed by atoms with E-state index in [1.165, 1.54) is 6.07 Å². The maximum absolute atomic E-state index is 13.5. The number of rotatable bonds is 3. The molecular formula is C17H16F3N7O2. The van der Waals surface area contributed by atoms with Crippen LogP contribution >= 0.6 is 0 Å². The van der Waals surface area contributed by atoms with Gasteiger partial charge in [0.15, 0.2) is 11.5 Å². The number of anilines is 2. The zero-order valence-corrected chi connectivity index (χ0v) is 15.3. The van der Waals surface area contributed by atoms with Crippen molar-refractivity contribution in [3.05, 3.63) is 51.8 Å². The van der Waals surface area contributed by atoms with Gasteiger partial charge in [0.25, 0.3) is 5.69 Å². The number of nitrogens with zero attached hydrogens (tertiary/aromatic N) is 7. The summed E-state index contributed by atoms with van der Waals surface area (Å²) in [5.41, 5.74) is -1.02. The minimum atomic E-state index is -4.68. The molecule has 0 radical (unpaired) electrons. The first kappa shape index (κ1) is 18.9. The van der Waals surface area contributed by atoms with Crippen molar-refractivity contribution in [2.45, 2.75) is 13.1 Å². The van der Waals surface area contributed by atoms with Gasteiger partial charge in [-0.3, -0.25) is 10.1 Å². The van der Waals surface area contributed by atoms with Gasteiger partial charge in [0, 0.05) is 44.0 Å². The first-order valence-corrected chi connectivity index (χ1v) is 8.78. The molecule has 0 atom stereocenters. The Balaban J connectivity index is 1.56. The summed E-state index contributed by atoms with van der Waals surface area (Å²) in [4.78, 5) is 13.6. The molecule has 12 heteroatoms.